The quantitative estimate of drug-likeness (QED) is 0.825. The molecule has 0 atom stereocenters. The Morgan fingerprint density at radius 1 is 1.44 bits per heavy atom. The first-order chi connectivity index (χ1) is 8.30. The molecule has 1 aromatic rings. The first-order valence-electron chi connectivity index (χ1n) is 5.50. The summed E-state index contributed by atoms with van der Waals surface area (Å²) in [7, 11) is 0. The summed E-state index contributed by atoms with van der Waals surface area (Å²) in [6.45, 7) is 3.72. The molecule has 0 fully saturated rings. The van der Waals surface area contributed by atoms with Crippen LogP contribution in [0, 0.1) is 0 Å². The lowest BCUT2D eigenvalue weighted by molar-refractivity contribution is -0.117. The van der Waals surface area contributed by atoms with Crippen molar-refractivity contribution in [1.82, 2.24) is 5.32 Å². The second-order valence-electron chi connectivity index (χ2n) is 4.96. The number of amides is 1. The second kappa shape index (κ2) is 4.59. The van der Waals surface area contributed by atoms with E-state index in [2.05, 4.69) is 21.2 Å². The second-order valence-corrected chi connectivity index (χ2v) is 6.28. The number of hydrogen-bond acceptors (Lipinski definition) is 2. The van der Waals surface area contributed by atoms with Gasteiger partial charge >= 0.3 is 0 Å². The van der Waals surface area contributed by atoms with Gasteiger partial charge in [0, 0.05) is 27.0 Å². The first kappa shape index (κ1) is 13.4. The number of aliphatic hydroxyl groups is 1. The highest BCUT2D eigenvalue weighted by Crippen LogP contribution is 2.33. The minimum absolute atomic E-state index is 0.0768. The van der Waals surface area contributed by atoms with Crippen LogP contribution in [-0.2, 0) is 4.79 Å². The summed E-state index contributed by atoms with van der Waals surface area (Å²) in [6, 6.07) is 5.20. The van der Waals surface area contributed by atoms with E-state index in [0.717, 1.165) is 4.47 Å². The molecule has 1 aliphatic heterocycles. The molecule has 0 saturated carbocycles. The summed E-state index contributed by atoms with van der Waals surface area (Å²) in [5.74, 6) is -0.221. The molecular formula is C13H13BrClNO2. The molecule has 18 heavy (non-hydrogen) atoms. The molecule has 0 spiro atoms. The molecule has 1 aliphatic rings. The molecule has 96 valence electrons. The van der Waals surface area contributed by atoms with Crippen molar-refractivity contribution in [2.24, 2.45) is 0 Å². The van der Waals surface area contributed by atoms with Crippen LogP contribution in [0.1, 0.15) is 25.8 Å². The molecule has 1 aromatic carbocycles. The van der Waals surface area contributed by atoms with Crippen LogP contribution in [-0.4, -0.2) is 16.6 Å². The maximum absolute atomic E-state index is 12.1. The van der Waals surface area contributed by atoms with Crippen LogP contribution in [0.3, 0.4) is 0 Å². The van der Waals surface area contributed by atoms with E-state index < -0.39 is 5.54 Å². The number of benzene rings is 1. The summed E-state index contributed by atoms with van der Waals surface area (Å²) in [6.07, 6.45) is 0.389. The predicted octanol–water partition coefficient (Wildman–Crippen LogP) is 3.67. The van der Waals surface area contributed by atoms with Crippen molar-refractivity contribution in [2.45, 2.75) is 25.8 Å². The number of nitrogens with one attached hydrogen (secondary N) is 1. The average Bonchev–Trinajstić information content (AvgIpc) is 2.18. The van der Waals surface area contributed by atoms with Gasteiger partial charge in [-0.2, -0.15) is 0 Å². The van der Waals surface area contributed by atoms with E-state index in [1.807, 2.05) is 13.8 Å². The predicted molar refractivity (Wildman–Crippen MR) is 75.5 cm³/mol. The lowest BCUT2D eigenvalue weighted by atomic mass is 9.89. The number of hydrogen-bond donors (Lipinski definition) is 2. The molecule has 3 nitrogen and oxygen atoms in total. The van der Waals surface area contributed by atoms with Gasteiger partial charge in [0.2, 0.25) is 0 Å². The molecule has 0 bridgehead atoms. The molecule has 1 amide bonds. The van der Waals surface area contributed by atoms with E-state index in [1.54, 1.807) is 18.2 Å². The van der Waals surface area contributed by atoms with Crippen molar-refractivity contribution in [3.05, 3.63) is 39.0 Å². The van der Waals surface area contributed by atoms with Gasteiger partial charge in [-0.1, -0.05) is 33.6 Å². The highest BCUT2D eigenvalue weighted by molar-refractivity contribution is 9.10. The molecule has 0 unspecified atom stereocenters. The van der Waals surface area contributed by atoms with E-state index in [4.69, 9.17) is 11.6 Å². The summed E-state index contributed by atoms with van der Waals surface area (Å²) in [5.41, 5.74) is 0.365. The van der Waals surface area contributed by atoms with E-state index in [1.165, 1.54) is 0 Å². The van der Waals surface area contributed by atoms with E-state index in [-0.39, 0.29) is 17.2 Å². The zero-order valence-electron chi connectivity index (χ0n) is 10.1. The minimum Gasteiger partial charge on any atom is -0.511 e. The van der Waals surface area contributed by atoms with Crippen LogP contribution in [0.25, 0.3) is 5.57 Å². The van der Waals surface area contributed by atoms with Crippen LogP contribution in [0.5, 0.6) is 0 Å². The van der Waals surface area contributed by atoms with Crippen LogP contribution >= 0.6 is 27.5 Å². The van der Waals surface area contributed by atoms with E-state index in [0.29, 0.717) is 17.0 Å². The standard InChI is InChI=1S/C13H13BrClNO2/c1-13(2)6-10(17)11(12(18)16-13)8-4-3-7(14)5-9(8)15/h3-5,17H,6H2,1-2H3,(H,16,18). The van der Waals surface area contributed by atoms with Crippen molar-refractivity contribution in [2.75, 3.05) is 0 Å². The van der Waals surface area contributed by atoms with Gasteiger partial charge in [-0.3, -0.25) is 4.79 Å². The van der Waals surface area contributed by atoms with Gasteiger partial charge in [-0.15, -0.1) is 0 Å². The lowest BCUT2D eigenvalue weighted by Gasteiger charge is -2.32. The fourth-order valence-corrected chi connectivity index (χ4v) is 2.79. The Bertz CT molecular complexity index is 552. The SMILES string of the molecule is CC1(C)CC(O)=C(c2ccc(Br)cc2Cl)C(=O)N1. The van der Waals surface area contributed by atoms with Crippen molar-refractivity contribution in [3.8, 4) is 0 Å². The number of carbonyl (C=O) groups excluding carboxylic acids is 1. The Labute approximate surface area is 119 Å². The van der Waals surface area contributed by atoms with E-state index >= 15 is 0 Å². The Morgan fingerprint density at radius 2 is 2.11 bits per heavy atom. The van der Waals surface area contributed by atoms with Gasteiger partial charge in [0.05, 0.1) is 5.57 Å². The van der Waals surface area contributed by atoms with Crippen LogP contribution < -0.4 is 5.32 Å². The Hall–Kier alpha value is -1.00. The fraction of sp³-hybridized carbons (Fsp3) is 0.308. The summed E-state index contributed by atoms with van der Waals surface area (Å²) in [5, 5.41) is 13.4. The summed E-state index contributed by atoms with van der Waals surface area (Å²) < 4.78 is 0.827. The molecule has 2 rings (SSSR count). The molecule has 5 heteroatoms. The molecule has 1 heterocycles. The smallest absolute Gasteiger partial charge is 0.255 e. The van der Waals surface area contributed by atoms with Gasteiger partial charge in [-0.25, -0.2) is 0 Å². The van der Waals surface area contributed by atoms with Gasteiger partial charge < -0.3 is 10.4 Å². The highest BCUT2D eigenvalue weighted by Gasteiger charge is 2.33. The fourth-order valence-electron chi connectivity index (χ4n) is 2.02. The van der Waals surface area contributed by atoms with Gasteiger partial charge in [-0.05, 0) is 26.0 Å². The normalized spacial score (nSPS) is 18.8. The zero-order chi connectivity index (χ0) is 13.5. The topological polar surface area (TPSA) is 49.3 Å². The third-order valence-corrected chi connectivity index (χ3v) is 3.58. The largest absolute Gasteiger partial charge is 0.511 e. The minimum atomic E-state index is -0.438. The average molecular weight is 331 g/mol. The van der Waals surface area contributed by atoms with Crippen molar-refractivity contribution >= 4 is 39.0 Å². The van der Waals surface area contributed by atoms with Gasteiger partial charge in [0.25, 0.3) is 5.91 Å². The van der Waals surface area contributed by atoms with E-state index in [9.17, 15) is 9.90 Å². The summed E-state index contributed by atoms with van der Waals surface area (Å²) in [4.78, 5) is 12.1. The van der Waals surface area contributed by atoms with Crippen molar-refractivity contribution in [1.29, 1.82) is 0 Å². The van der Waals surface area contributed by atoms with Crippen LogP contribution in [0.2, 0.25) is 5.02 Å². The number of halogens is 2. The molecular weight excluding hydrogens is 318 g/mol. The maximum atomic E-state index is 12.1. The highest BCUT2D eigenvalue weighted by atomic mass is 79.9. The molecule has 0 aliphatic carbocycles. The molecule has 0 radical (unpaired) electrons. The zero-order valence-corrected chi connectivity index (χ0v) is 12.4. The van der Waals surface area contributed by atoms with Gasteiger partial charge in [0.15, 0.2) is 0 Å². The van der Waals surface area contributed by atoms with Crippen molar-refractivity contribution in [3.63, 3.8) is 0 Å². The van der Waals surface area contributed by atoms with Crippen molar-refractivity contribution < 1.29 is 9.90 Å². The maximum Gasteiger partial charge on any atom is 0.255 e. The van der Waals surface area contributed by atoms with Gasteiger partial charge in [0.1, 0.15) is 5.76 Å². The Morgan fingerprint density at radius 3 is 2.67 bits per heavy atom. The number of aliphatic hydroxyl groups excluding tert-OH is 1. The third-order valence-electron chi connectivity index (χ3n) is 2.78. The monoisotopic (exact) mass is 329 g/mol. The Kier molecular flexibility index (Phi) is 3.43. The number of rotatable bonds is 1. The third kappa shape index (κ3) is 2.54. The molecule has 2 N–H and O–H groups in total. The Balaban J connectivity index is 2.53. The summed E-state index contributed by atoms with van der Waals surface area (Å²) >= 11 is 9.41. The number of carbonyl (C=O) groups is 1. The van der Waals surface area contributed by atoms with Crippen LogP contribution in [0.15, 0.2) is 28.4 Å². The molecule has 0 aromatic heterocycles. The van der Waals surface area contributed by atoms with Crippen LogP contribution in [0.4, 0.5) is 0 Å². The lowest BCUT2D eigenvalue weighted by Crippen LogP contribution is -2.47. The molecule has 0 saturated heterocycles. The first-order valence-corrected chi connectivity index (χ1v) is 6.67.